The molecule has 21 heavy (non-hydrogen) atoms. The second kappa shape index (κ2) is 6.56. The fourth-order valence-corrected chi connectivity index (χ4v) is 4.62. The average molecular weight is 307 g/mol. The Hall–Kier alpha value is -1.42. The molecule has 114 valence electrons. The van der Waals surface area contributed by atoms with E-state index in [9.17, 15) is 8.42 Å². The van der Waals surface area contributed by atoms with Crippen molar-refractivity contribution in [2.24, 2.45) is 5.73 Å². The Morgan fingerprint density at radius 2 is 2.00 bits per heavy atom. The summed E-state index contributed by atoms with van der Waals surface area (Å²) in [5.41, 5.74) is 6.25. The number of hydrogen-bond donors (Lipinski definition) is 1. The molecule has 1 aromatic rings. The van der Waals surface area contributed by atoms with E-state index >= 15 is 0 Å². The number of benzene rings is 1. The lowest BCUT2D eigenvalue weighted by atomic mass is 9.92. The molecule has 0 saturated heterocycles. The third-order valence-electron chi connectivity index (χ3n) is 4.03. The van der Waals surface area contributed by atoms with E-state index in [0.29, 0.717) is 12.1 Å². The third-order valence-corrected chi connectivity index (χ3v) is 6.05. The highest BCUT2D eigenvalue weighted by molar-refractivity contribution is 7.89. The van der Waals surface area contributed by atoms with Gasteiger partial charge in [0.1, 0.15) is 0 Å². The van der Waals surface area contributed by atoms with Gasteiger partial charge in [-0.2, -0.15) is 9.57 Å². The fourth-order valence-electron chi connectivity index (χ4n) is 2.88. The van der Waals surface area contributed by atoms with Gasteiger partial charge >= 0.3 is 0 Å². The average Bonchev–Trinajstić information content (AvgIpc) is 2.50. The van der Waals surface area contributed by atoms with Gasteiger partial charge in [0.15, 0.2) is 0 Å². The summed E-state index contributed by atoms with van der Waals surface area (Å²) in [6.07, 6.45) is 3.31. The van der Waals surface area contributed by atoms with Crippen molar-refractivity contribution in [2.45, 2.75) is 49.6 Å². The third kappa shape index (κ3) is 3.43. The molecule has 1 aliphatic rings. The SMILES string of the molecule is CCN(C1CCC(N)CC1)S(=O)(=O)c1cccc(C#N)c1. The Morgan fingerprint density at radius 1 is 1.33 bits per heavy atom. The molecule has 0 amide bonds. The van der Waals surface area contributed by atoms with Crippen LogP contribution in [-0.2, 0) is 10.0 Å². The van der Waals surface area contributed by atoms with Gasteiger partial charge in [0.2, 0.25) is 10.0 Å². The molecule has 0 aliphatic heterocycles. The summed E-state index contributed by atoms with van der Waals surface area (Å²) >= 11 is 0. The van der Waals surface area contributed by atoms with Crippen molar-refractivity contribution >= 4 is 10.0 Å². The summed E-state index contributed by atoms with van der Waals surface area (Å²) in [7, 11) is -3.56. The normalized spacial score (nSPS) is 23.0. The van der Waals surface area contributed by atoms with Gasteiger partial charge in [-0.1, -0.05) is 13.0 Å². The van der Waals surface area contributed by atoms with Gasteiger partial charge in [-0.05, 0) is 43.9 Å². The van der Waals surface area contributed by atoms with Gasteiger partial charge < -0.3 is 5.73 Å². The first kappa shape index (κ1) is 16.0. The highest BCUT2D eigenvalue weighted by Gasteiger charge is 2.32. The van der Waals surface area contributed by atoms with Gasteiger partial charge in [0.25, 0.3) is 0 Å². The minimum atomic E-state index is -3.56. The zero-order valence-electron chi connectivity index (χ0n) is 12.2. The predicted octanol–water partition coefficient (Wildman–Crippen LogP) is 1.84. The van der Waals surface area contributed by atoms with E-state index in [1.807, 2.05) is 13.0 Å². The lowest BCUT2D eigenvalue weighted by Gasteiger charge is -2.34. The first-order valence-electron chi connectivity index (χ1n) is 7.26. The molecule has 0 unspecified atom stereocenters. The van der Waals surface area contributed by atoms with Gasteiger partial charge in [-0.25, -0.2) is 8.42 Å². The number of nitriles is 1. The number of sulfonamides is 1. The van der Waals surface area contributed by atoms with Crippen LogP contribution in [0.2, 0.25) is 0 Å². The van der Waals surface area contributed by atoms with Crippen molar-refractivity contribution in [1.82, 2.24) is 4.31 Å². The van der Waals surface area contributed by atoms with Crippen LogP contribution in [0.3, 0.4) is 0 Å². The molecule has 1 aliphatic carbocycles. The molecule has 2 rings (SSSR count). The van der Waals surface area contributed by atoms with Gasteiger partial charge in [0.05, 0.1) is 16.5 Å². The van der Waals surface area contributed by atoms with Gasteiger partial charge in [0, 0.05) is 18.6 Å². The van der Waals surface area contributed by atoms with E-state index in [1.54, 1.807) is 22.5 Å². The number of nitrogens with zero attached hydrogens (tertiary/aromatic N) is 2. The number of rotatable bonds is 4. The van der Waals surface area contributed by atoms with Crippen molar-refractivity contribution < 1.29 is 8.42 Å². The molecule has 0 aromatic heterocycles. The van der Waals surface area contributed by atoms with Crippen molar-refractivity contribution in [1.29, 1.82) is 5.26 Å². The van der Waals surface area contributed by atoms with Crippen LogP contribution in [0.4, 0.5) is 0 Å². The highest BCUT2D eigenvalue weighted by atomic mass is 32.2. The maximum absolute atomic E-state index is 12.8. The second-order valence-corrected chi connectivity index (χ2v) is 7.31. The van der Waals surface area contributed by atoms with Crippen molar-refractivity contribution in [3.8, 4) is 6.07 Å². The maximum Gasteiger partial charge on any atom is 0.243 e. The topological polar surface area (TPSA) is 87.2 Å². The highest BCUT2D eigenvalue weighted by Crippen LogP contribution is 2.27. The molecule has 1 aromatic carbocycles. The summed E-state index contributed by atoms with van der Waals surface area (Å²) in [4.78, 5) is 0.193. The maximum atomic E-state index is 12.8. The van der Waals surface area contributed by atoms with Crippen molar-refractivity contribution in [3.63, 3.8) is 0 Å². The van der Waals surface area contributed by atoms with Crippen LogP contribution in [0.1, 0.15) is 38.2 Å². The standard InChI is InChI=1S/C15H21N3O2S/c1-2-18(14-8-6-13(17)7-9-14)21(19,20)15-5-3-4-12(10-15)11-16/h3-5,10,13-14H,2,6-9,17H2,1H3. The summed E-state index contributed by atoms with van der Waals surface area (Å²) in [5, 5.41) is 8.93. The Morgan fingerprint density at radius 3 is 2.57 bits per heavy atom. The van der Waals surface area contributed by atoms with E-state index in [-0.39, 0.29) is 17.0 Å². The Labute approximate surface area is 126 Å². The van der Waals surface area contributed by atoms with Gasteiger partial charge in [-0.3, -0.25) is 0 Å². The number of hydrogen-bond acceptors (Lipinski definition) is 4. The predicted molar refractivity (Wildman–Crippen MR) is 81.0 cm³/mol. The first-order valence-corrected chi connectivity index (χ1v) is 8.70. The van der Waals surface area contributed by atoms with E-state index < -0.39 is 10.0 Å². The minimum absolute atomic E-state index is 0.00513. The molecule has 0 atom stereocenters. The molecule has 2 N–H and O–H groups in total. The summed E-state index contributed by atoms with van der Waals surface area (Å²) in [5.74, 6) is 0. The molecule has 1 saturated carbocycles. The monoisotopic (exact) mass is 307 g/mol. The number of nitrogens with two attached hydrogens (primary N) is 1. The molecular weight excluding hydrogens is 286 g/mol. The molecule has 0 heterocycles. The summed E-state index contributed by atoms with van der Waals surface area (Å²) in [6, 6.07) is 8.37. The quantitative estimate of drug-likeness (QED) is 0.919. The van der Waals surface area contributed by atoms with Crippen LogP contribution in [0, 0.1) is 11.3 Å². The molecule has 0 bridgehead atoms. The summed E-state index contributed by atoms with van der Waals surface area (Å²) in [6.45, 7) is 2.28. The molecule has 0 radical (unpaired) electrons. The van der Waals surface area contributed by atoms with E-state index in [2.05, 4.69) is 0 Å². The van der Waals surface area contributed by atoms with Crippen LogP contribution in [0.5, 0.6) is 0 Å². The zero-order valence-corrected chi connectivity index (χ0v) is 13.0. The lowest BCUT2D eigenvalue weighted by molar-refractivity contribution is 0.247. The molecule has 5 nitrogen and oxygen atoms in total. The van der Waals surface area contributed by atoms with E-state index in [1.165, 1.54) is 6.07 Å². The van der Waals surface area contributed by atoms with Crippen LogP contribution < -0.4 is 5.73 Å². The smallest absolute Gasteiger partial charge is 0.243 e. The zero-order chi connectivity index (χ0) is 15.5. The Kier molecular flexibility index (Phi) is 4.99. The van der Waals surface area contributed by atoms with E-state index in [4.69, 9.17) is 11.0 Å². The fraction of sp³-hybridized carbons (Fsp3) is 0.533. The molecular formula is C15H21N3O2S. The molecule has 6 heteroatoms. The second-order valence-electron chi connectivity index (χ2n) is 5.42. The lowest BCUT2D eigenvalue weighted by Crippen LogP contribution is -2.44. The van der Waals surface area contributed by atoms with Crippen LogP contribution >= 0.6 is 0 Å². The first-order chi connectivity index (χ1) is 9.98. The largest absolute Gasteiger partial charge is 0.328 e. The molecule has 1 fully saturated rings. The van der Waals surface area contributed by atoms with Crippen LogP contribution in [0.25, 0.3) is 0 Å². The van der Waals surface area contributed by atoms with Crippen molar-refractivity contribution in [3.05, 3.63) is 29.8 Å². The summed E-state index contributed by atoms with van der Waals surface area (Å²) < 4.78 is 27.1. The van der Waals surface area contributed by atoms with Crippen LogP contribution in [-0.4, -0.2) is 31.4 Å². The van der Waals surface area contributed by atoms with E-state index in [0.717, 1.165) is 25.7 Å². The van der Waals surface area contributed by atoms with Crippen LogP contribution in [0.15, 0.2) is 29.2 Å². The van der Waals surface area contributed by atoms with Crippen molar-refractivity contribution in [2.75, 3.05) is 6.54 Å². The van der Waals surface area contributed by atoms with Gasteiger partial charge in [-0.15, -0.1) is 0 Å². The minimum Gasteiger partial charge on any atom is -0.328 e. The Balaban J connectivity index is 2.29. The molecule has 0 spiro atoms. The Bertz CT molecular complexity index is 629.